The number of rotatable bonds is 5. The Kier molecular flexibility index (Phi) is 4.99. The smallest absolute Gasteiger partial charge is 0.246 e. The van der Waals surface area contributed by atoms with Gasteiger partial charge in [-0.05, 0) is 26.3 Å². The van der Waals surface area contributed by atoms with E-state index in [-0.39, 0.29) is 24.7 Å². The van der Waals surface area contributed by atoms with Crippen LogP contribution in [-0.2, 0) is 9.53 Å². The first-order chi connectivity index (χ1) is 7.59. The lowest BCUT2D eigenvalue weighted by Gasteiger charge is -2.15. The van der Waals surface area contributed by atoms with Gasteiger partial charge in [-0.15, -0.1) is 0 Å². The number of benzene rings is 1. The van der Waals surface area contributed by atoms with Gasteiger partial charge in [0.25, 0.3) is 0 Å². The molecule has 1 amide bonds. The van der Waals surface area contributed by atoms with Crippen molar-refractivity contribution >= 4 is 5.91 Å². The summed E-state index contributed by atoms with van der Waals surface area (Å²) in [7, 11) is 0. The molecule has 1 aromatic rings. The van der Waals surface area contributed by atoms with Gasteiger partial charge in [-0.3, -0.25) is 4.79 Å². The summed E-state index contributed by atoms with van der Waals surface area (Å²) in [5.74, 6) is -0.0787. The second kappa shape index (κ2) is 6.28. The van der Waals surface area contributed by atoms with Gasteiger partial charge in [-0.25, -0.2) is 0 Å². The molecule has 1 rings (SSSR count). The zero-order valence-corrected chi connectivity index (χ0v) is 10.1. The van der Waals surface area contributed by atoms with E-state index in [0.717, 1.165) is 5.56 Å². The summed E-state index contributed by atoms with van der Waals surface area (Å²) in [6.07, 6.45) is 0.0813. The van der Waals surface area contributed by atoms with E-state index in [0.29, 0.717) is 0 Å². The third-order valence-corrected chi connectivity index (χ3v) is 2.22. The molecule has 1 unspecified atom stereocenters. The van der Waals surface area contributed by atoms with E-state index in [1.807, 2.05) is 51.1 Å². The highest BCUT2D eigenvalue weighted by molar-refractivity contribution is 5.77. The maximum atomic E-state index is 11.5. The van der Waals surface area contributed by atoms with Gasteiger partial charge in [0.15, 0.2) is 0 Å². The molecule has 0 aliphatic carbocycles. The first kappa shape index (κ1) is 12.7. The van der Waals surface area contributed by atoms with Gasteiger partial charge in [0.05, 0.1) is 12.1 Å². The molecule has 0 spiro atoms. The molecule has 0 bridgehead atoms. The van der Waals surface area contributed by atoms with Crippen LogP contribution in [0.2, 0.25) is 0 Å². The Labute approximate surface area is 96.8 Å². The van der Waals surface area contributed by atoms with Crippen molar-refractivity contribution in [3.63, 3.8) is 0 Å². The van der Waals surface area contributed by atoms with Crippen molar-refractivity contribution in [2.75, 3.05) is 6.61 Å². The average Bonchev–Trinajstić information content (AvgIpc) is 2.27. The molecule has 3 nitrogen and oxygen atoms in total. The molecule has 0 aromatic heterocycles. The number of hydrogen-bond acceptors (Lipinski definition) is 2. The van der Waals surface area contributed by atoms with Crippen molar-refractivity contribution in [3.8, 4) is 0 Å². The monoisotopic (exact) mass is 221 g/mol. The molecule has 1 N–H and O–H groups in total. The molecule has 3 heteroatoms. The SMILES string of the molecule is CC(C)OCC(=O)NC(C)c1ccccc1. The predicted octanol–water partition coefficient (Wildman–Crippen LogP) is 2.29. The van der Waals surface area contributed by atoms with Gasteiger partial charge >= 0.3 is 0 Å². The van der Waals surface area contributed by atoms with E-state index in [9.17, 15) is 4.79 Å². The van der Waals surface area contributed by atoms with E-state index in [4.69, 9.17) is 4.74 Å². The number of carbonyl (C=O) groups excluding carboxylic acids is 1. The molecule has 0 aliphatic rings. The molecular formula is C13H19NO2. The first-order valence-electron chi connectivity index (χ1n) is 5.55. The number of nitrogens with one attached hydrogen (secondary N) is 1. The van der Waals surface area contributed by atoms with Gasteiger partial charge in [-0.1, -0.05) is 30.3 Å². The van der Waals surface area contributed by atoms with Crippen LogP contribution in [0.15, 0.2) is 30.3 Å². The van der Waals surface area contributed by atoms with E-state index < -0.39 is 0 Å². The molecule has 88 valence electrons. The molecule has 0 aliphatic heterocycles. The van der Waals surface area contributed by atoms with Gasteiger partial charge in [0, 0.05) is 0 Å². The van der Waals surface area contributed by atoms with E-state index >= 15 is 0 Å². The molecule has 0 heterocycles. The third kappa shape index (κ3) is 4.45. The van der Waals surface area contributed by atoms with E-state index in [2.05, 4.69) is 5.32 Å². The first-order valence-corrected chi connectivity index (χ1v) is 5.55. The summed E-state index contributed by atoms with van der Waals surface area (Å²) in [5, 5.41) is 2.89. The Morgan fingerprint density at radius 1 is 1.25 bits per heavy atom. The standard InChI is InChI=1S/C13H19NO2/c1-10(2)16-9-13(15)14-11(3)12-7-5-4-6-8-12/h4-8,10-11H,9H2,1-3H3,(H,14,15). The minimum Gasteiger partial charge on any atom is -0.369 e. The lowest BCUT2D eigenvalue weighted by molar-refractivity contribution is -0.127. The van der Waals surface area contributed by atoms with Crippen molar-refractivity contribution in [3.05, 3.63) is 35.9 Å². The Balaban J connectivity index is 2.40. The minimum atomic E-state index is -0.0787. The summed E-state index contributed by atoms with van der Waals surface area (Å²) in [6.45, 7) is 5.90. The predicted molar refractivity (Wildman–Crippen MR) is 64.1 cm³/mol. The van der Waals surface area contributed by atoms with Gasteiger partial charge in [0.1, 0.15) is 6.61 Å². The molecule has 0 radical (unpaired) electrons. The summed E-state index contributed by atoms with van der Waals surface area (Å²) in [6, 6.07) is 9.89. The van der Waals surface area contributed by atoms with Gasteiger partial charge < -0.3 is 10.1 Å². The van der Waals surface area contributed by atoms with Crippen LogP contribution in [0.4, 0.5) is 0 Å². The zero-order chi connectivity index (χ0) is 12.0. The summed E-state index contributed by atoms with van der Waals surface area (Å²) >= 11 is 0. The van der Waals surface area contributed by atoms with Crippen molar-refractivity contribution < 1.29 is 9.53 Å². The van der Waals surface area contributed by atoms with Crippen molar-refractivity contribution in [1.29, 1.82) is 0 Å². The number of ether oxygens (including phenoxy) is 1. The lowest BCUT2D eigenvalue weighted by atomic mass is 10.1. The highest BCUT2D eigenvalue weighted by Crippen LogP contribution is 2.10. The minimum absolute atomic E-state index is 0.0180. The van der Waals surface area contributed by atoms with E-state index in [1.165, 1.54) is 0 Å². The summed E-state index contributed by atoms with van der Waals surface area (Å²) in [4.78, 5) is 11.5. The number of amides is 1. The van der Waals surface area contributed by atoms with Crippen molar-refractivity contribution in [2.45, 2.75) is 32.9 Å². The molecule has 1 aromatic carbocycles. The Morgan fingerprint density at radius 2 is 1.88 bits per heavy atom. The fourth-order valence-electron chi connectivity index (χ4n) is 1.35. The topological polar surface area (TPSA) is 38.3 Å². The molecular weight excluding hydrogens is 202 g/mol. The maximum absolute atomic E-state index is 11.5. The molecule has 16 heavy (non-hydrogen) atoms. The van der Waals surface area contributed by atoms with Crippen LogP contribution in [0, 0.1) is 0 Å². The maximum Gasteiger partial charge on any atom is 0.246 e. The Hall–Kier alpha value is -1.35. The zero-order valence-electron chi connectivity index (χ0n) is 10.1. The van der Waals surface area contributed by atoms with E-state index in [1.54, 1.807) is 0 Å². The van der Waals surface area contributed by atoms with Gasteiger partial charge in [-0.2, -0.15) is 0 Å². The number of hydrogen-bond donors (Lipinski definition) is 1. The van der Waals surface area contributed by atoms with Crippen LogP contribution in [0.5, 0.6) is 0 Å². The number of carbonyl (C=O) groups is 1. The molecule has 0 fully saturated rings. The third-order valence-electron chi connectivity index (χ3n) is 2.22. The highest BCUT2D eigenvalue weighted by atomic mass is 16.5. The van der Waals surface area contributed by atoms with Crippen LogP contribution in [0.25, 0.3) is 0 Å². The van der Waals surface area contributed by atoms with Crippen molar-refractivity contribution in [1.82, 2.24) is 5.32 Å². The van der Waals surface area contributed by atoms with Crippen molar-refractivity contribution in [2.24, 2.45) is 0 Å². The fraction of sp³-hybridized carbons (Fsp3) is 0.462. The average molecular weight is 221 g/mol. The second-order valence-corrected chi connectivity index (χ2v) is 4.06. The normalized spacial score (nSPS) is 12.5. The summed E-state index contributed by atoms with van der Waals surface area (Å²) in [5.41, 5.74) is 1.10. The van der Waals surface area contributed by atoms with Crippen LogP contribution >= 0.6 is 0 Å². The van der Waals surface area contributed by atoms with Crippen LogP contribution in [0.3, 0.4) is 0 Å². The van der Waals surface area contributed by atoms with Crippen LogP contribution < -0.4 is 5.32 Å². The second-order valence-electron chi connectivity index (χ2n) is 4.06. The van der Waals surface area contributed by atoms with Crippen LogP contribution in [0.1, 0.15) is 32.4 Å². The Bertz CT molecular complexity index is 322. The highest BCUT2D eigenvalue weighted by Gasteiger charge is 2.09. The quantitative estimate of drug-likeness (QED) is 0.828. The molecule has 1 atom stereocenters. The largest absolute Gasteiger partial charge is 0.369 e. The van der Waals surface area contributed by atoms with Gasteiger partial charge in [0.2, 0.25) is 5.91 Å². The lowest BCUT2D eigenvalue weighted by Crippen LogP contribution is -2.31. The Morgan fingerprint density at radius 3 is 2.44 bits per heavy atom. The van der Waals surface area contributed by atoms with Crippen LogP contribution in [-0.4, -0.2) is 18.6 Å². The summed E-state index contributed by atoms with van der Waals surface area (Å²) < 4.78 is 5.23. The molecule has 0 saturated carbocycles. The molecule has 0 saturated heterocycles. The fourth-order valence-corrected chi connectivity index (χ4v) is 1.35.